The molecular formula is C36H21N5. The first-order valence-corrected chi connectivity index (χ1v) is 13.9. The quantitative estimate of drug-likeness (QED) is 0.204. The van der Waals surface area contributed by atoms with Gasteiger partial charge in [0.2, 0.25) is 0 Å². The maximum Gasteiger partial charge on any atom is 0.146 e. The Labute approximate surface area is 234 Å². The van der Waals surface area contributed by atoms with Crippen LogP contribution in [-0.4, -0.2) is 23.9 Å². The van der Waals surface area contributed by atoms with Crippen molar-refractivity contribution >= 4 is 60.2 Å². The lowest BCUT2D eigenvalue weighted by Crippen LogP contribution is -1.95. The number of hydrogen-bond donors (Lipinski definition) is 0. The van der Waals surface area contributed by atoms with Gasteiger partial charge in [-0.05, 0) is 76.5 Å². The largest absolute Gasteiger partial charge is 0.309 e. The SMILES string of the molecule is c1ccc(-n2c3cc4c5cnccc5n5c6cnccc6nc5c4cc3c3c4c(ccc32)-c2ccccc2C4)cc1. The van der Waals surface area contributed by atoms with Gasteiger partial charge in [0.25, 0.3) is 0 Å². The van der Waals surface area contributed by atoms with Crippen molar-refractivity contribution in [2.75, 3.05) is 0 Å². The molecule has 10 rings (SSSR count). The molecule has 9 aromatic rings. The number of fused-ring (bicyclic) bond motifs is 15. The molecule has 0 saturated carbocycles. The van der Waals surface area contributed by atoms with Crippen LogP contribution in [0, 0.1) is 0 Å². The van der Waals surface area contributed by atoms with E-state index in [1.165, 1.54) is 44.1 Å². The highest BCUT2D eigenvalue weighted by atomic mass is 15.0. The Morgan fingerprint density at radius 3 is 2.39 bits per heavy atom. The van der Waals surface area contributed by atoms with Gasteiger partial charge in [-0.1, -0.05) is 48.5 Å². The average Bonchev–Trinajstić information content (AvgIpc) is 3.70. The first kappa shape index (κ1) is 21.3. The molecule has 1 aliphatic rings. The minimum absolute atomic E-state index is 0.935. The molecule has 0 bridgehead atoms. The summed E-state index contributed by atoms with van der Waals surface area (Å²) in [4.78, 5) is 14.1. The van der Waals surface area contributed by atoms with Crippen LogP contribution in [0.2, 0.25) is 0 Å². The summed E-state index contributed by atoms with van der Waals surface area (Å²) >= 11 is 0. The number of nitrogens with zero attached hydrogens (tertiary/aromatic N) is 5. The number of para-hydroxylation sites is 1. The normalized spacial score (nSPS) is 12.8. The smallest absolute Gasteiger partial charge is 0.146 e. The first-order chi connectivity index (χ1) is 20.3. The number of hydrogen-bond acceptors (Lipinski definition) is 3. The molecular weight excluding hydrogens is 502 g/mol. The van der Waals surface area contributed by atoms with Gasteiger partial charge in [-0.2, -0.15) is 0 Å². The molecule has 41 heavy (non-hydrogen) atoms. The third kappa shape index (κ3) is 2.68. The zero-order valence-corrected chi connectivity index (χ0v) is 21.9. The maximum absolute atomic E-state index is 5.15. The zero-order chi connectivity index (χ0) is 26.7. The molecule has 0 radical (unpaired) electrons. The highest BCUT2D eigenvalue weighted by molar-refractivity contribution is 6.22. The molecule has 5 heterocycles. The molecule has 190 valence electrons. The number of aromatic nitrogens is 5. The summed E-state index contributed by atoms with van der Waals surface area (Å²) in [6, 6.07) is 32.9. The highest BCUT2D eigenvalue weighted by Gasteiger charge is 2.25. The van der Waals surface area contributed by atoms with Crippen LogP contribution in [0.3, 0.4) is 0 Å². The van der Waals surface area contributed by atoms with E-state index in [1.54, 1.807) is 0 Å². The van der Waals surface area contributed by atoms with E-state index in [0.29, 0.717) is 0 Å². The van der Waals surface area contributed by atoms with Crippen LogP contribution >= 0.6 is 0 Å². The molecule has 5 heteroatoms. The Hall–Kier alpha value is -5.55. The predicted molar refractivity (Wildman–Crippen MR) is 166 cm³/mol. The highest BCUT2D eigenvalue weighted by Crippen LogP contribution is 2.46. The van der Waals surface area contributed by atoms with Crippen molar-refractivity contribution in [3.05, 3.63) is 127 Å². The molecule has 5 aromatic heterocycles. The average molecular weight is 524 g/mol. The van der Waals surface area contributed by atoms with E-state index in [1.807, 2.05) is 30.9 Å². The topological polar surface area (TPSA) is 48.0 Å². The van der Waals surface area contributed by atoms with Gasteiger partial charge in [-0.15, -0.1) is 0 Å². The molecule has 0 atom stereocenters. The van der Waals surface area contributed by atoms with Crippen LogP contribution in [-0.2, 0) is 6.42 Å². The molecule has 0 amide bonds. The second-order valence-electron chi connectivity index (χ2n) is 10.9. The van der Waals surface area contributed by atoms with E-state index >= 15 is 0 Å². The predicted octanol–water partition coefficient (Wildman–Crippen LogP) is 8.25. The van der Waals surface area contributed by atoms with Crippen molar-refractivity contribution in [1.29, 1.82) is 0 Å². The number of pyridine rings is 3. The summed E-state index contributed by atoms with van der Waals surface area (Å²) < 4.78 is 4.66. The molecule has 4 aromatic carbocycles. The summed E-state index contributed by atoms with van der Waals surface area (Å²) in [5, 5.41) is 5.94. The van der Waals surface area contributed by atoms with Crippen molar-refractivity contribution in [3.63, 3.8) is 0 Å². The van der Waals surface area contributed by atoms with Crippen molar-refractivity contribution in [1.82, 2.24) is 23.9 Å². The van der Waals surface area contributed by atoms with Gasteiger partial charge < -0.3 is 4.57 Å². The molecule has 1 aliphatic carbocycles. The van der Waals surface area contributed by atoms with Crippen molar-refractivity contribution in [2.45, 2.75) is 6.42 Å². The third-order valence-corrected chi connectivity index (χ3v) is 8.89. The minimum atomic E-state index is 0.935. The Morgan fingerprint density at radius 1 is 0.585 bits per heavy atom. The number of rotatable bonds is 1. The van der Waals surface area contributed by atoms with Crippen LogP contribution in [0.1, 0.15) is 11.1 Å². The lowest BCUT2D eigenvalue weighted by atomic mass is 9.99. The van der Waals surface area contributed by atoms with Crippen LogP contribution in [0.4, 0.5) is 0 Å². The van der Waals surface area contributed by atoms with E-state index < -0.39 is 0 Å². The molecule has 0 saturated heterocycles. The zero-order valence-electron chi connectivity index (χ0n) is 21.9. The van der Waals surface area contributed by atoms with Gasteiger partial charge >= 0.3 is 0 Å². The minimum Gasteiger partial charge on any atom is -0.309 e. The van der Waals surface area contributed by atoms with Crippen LogP contribution < -0.4 is 0 Å². The Balaban J connectivity index is 1.45. The summed E-state index contributed by atoms with van der Waals surface area (Å²) in [6.07, 6.45) is 8.49. The third-order valence-electron chi connectivity index (χ3n) is 8.89. The van der Waals surface area contributed by atoms with E-state index in [0.717, 1.165) is 50.5 Å². The van der Waals surface area contributed by atoms with E-state index in [2.05, 4.69) is 104 Å². The lowest BCUT2D eigenvalue weighted by molar-refractivity contribution is 1.18. The van der Waals surface area contributed by atoms with Gasteiger partial charge in [0.1, 0.15) is 5.65 Å². The van der Waals surface area contributed by atoms with Crippen molar-refractivity contribution < 1.29 is 0 Å². The maximum atomic E-state index is 5.15. The summed E-state index contributed by atoms with van der Waals surface area (Å²) in [7, 11) is 0. The van der Waals surface area contributed by atoms with Crippen molar-refractivity contribution in [2.24, 2.45) is 0 Å². The molecule has 0 N–H and O–H groups in total. The Bertz CT molecular complexity index is 2550. The molecule has 5 nitrogen and oxygen atoms in total. The van der Waals surface area contributed by atoms with Gasteiger partial charge in [-0.25, -0.2) is 4.98 Å². The second-order valence-corrected chi connectivity index (χ2v) is 10.9. The molecule has 0 unspecified atom stereocenters. The fourth-order valence-electron chi connectivity index (χ4n) is 7.19. The molecule has 0 fully saturated rings. The van der Waals surface area contributed by atoms with Gasteiger partial charge in [0, 0.05) is 45.8 Å². The summed E-state index contributed by atoms with van der Waals surface area (Å²) in [5.41, 5.74) is 13.0. The molecule has 0 spiro atoms. The number of benzene rings is 4. The van der Waals surface area contributed by atoms with Crippen LogP contribution in [0.5, 0.6) is 0 Å². The van der Waals surface area contributed by atoms with Gasteiger partial charge in [0.15, 0.2) is 0 Å². The van der Waals surface area contributed by atoms with E-state index in [9.17, 15) is 0 Å². The van der Waals surface area contributed by atoms with E-state index in [-0.39, 0.29) is 0 Å². The first-order valence-electron chi connectivity index (χ1n) is 13.9. The van der Waals surface area contributed by atoms with E-state index in [4.69, 9.17) is 4.98 Å². The standard InChI is InChI=1S/C36H21N5/c1-2-7-22(8-3-1)40-32-11-10-24-23-9-5-4-6-21(23)16-26(24)35(32)28-17-27-25(18-33(28)40)29-19-37-15-13-31(29)41-34-20-38-14-12-30(34)39-36(27)41/h1-15,17-20H,16H2. The molecule has 0 aliphatic heterocycles. The van der Waals surface area contributed by atoms with Gasteiger partial charge in [-0.3, -0.25) is 14.4 Å². The Morgan fingerprint density at radius 2 is 1.44 bits per heavy atom. The summed E-state index contributed by atoms with van der Waals surface area (Å²) in [6.45, 7) is 0. The fraction of sp³-hybridized carbons (Fsp3) is 0.0278. The number of imidazole rings is 1. The van der Waals surface area contributed by atoms with Gasteiger partial charge in [0.05, 0.1) is 33.8 Å². The Kier molecular flexibility index (Phi) is 3.92. The fourth-order valence-corrected chi connectivity index (χ4v) is 7.19. The monoisotopic (exact) mass is 523 g/mol. The lowest BCUT2D eigenvalue weighted by Gasteiger charge is -2.11. The second kappa shape index (κ2) is 7.55. The van der Waals surface area contributed by atoms with Crippen LogP contribution in [0.15, 0.2) is 116 Å². The van der Waals surface area contributed by atoms with Crippen molar-refractivity contribution in [3.8, 4) is 16.8 Å². The van der Waals surface area contributed by atoms with Crippen LogP contribution in [0.25, 0.3) is 77.0 Å². The summed E-state index contributed by atoms with van der Waals surface area (Å²) in [5.74, 6) is 0.